The van der Waals surface area contributed by atoms with Crippen LogP contribution in [0.25, 0.3) is 10.6 Å². The van der Waals surface area contributed by atoms with Crippen molar-refractivity contribution in [2.75, 3.05) is 0 Å². The van der Waals surface area contributed by atoms with Gasteiger partial charge in [-0.25, -0.2) is 4.98 Å². The van der Waals surface area contributed by atoms with E-state index in [1.807, 2.05) is 6.07 Å². The highest BCUT2D eigenvalue weighted by atomic mass is 32.1. The predicted octanol–water partition coefficient (Wildman–Crippen LogP) is 3.00. The summed E-state index contributed by atoms with van der Waals surface area (Å²) in [5, 5.41) is 3.17. The van der Waals surface area contributed by atoms with Gasteiger partial charge in [0.2, 0.25) is 0 Å². The van der Waals surface area contributed by atoms with E-state index in [1.165, 1.54) is 12.8 Å². The number of hydrogen-bond acceptors (Lipinski definition) is 4. The van der Waals surface area contributed by atoms with Gasteiger partial charge in [0.25, 0.3) is 0 Å². The molecule has 2 heterocycles. The van der Waals surface area contributed by atoms with Gasteiger partial charge in [0.05, 0.1) is 12.0 Å². The molecule has 0 radical (unpaired) electrons. The van der Waals surface area contributed by atoms with Gasteiger partial charge in [0.1, 0.15) is 11.3 Å². The fourth-order valence-corrected chi connectivity index (χ4v) is 3.20. The lowest BCUT2D eigenvalue weighted by atomic mass is 10.0. The highest BCUT2D eigenvalue weighted by Gasteiger charge is 2.27. The third-order valence-electron chi connectivity index (χ3n) is 3.24. The molecule has 16 heavy (non-hydrogen) atoms. The Hall–Kier alpha value is -1.13. The van der Waals surface area contributed by atoms with Crippen LogP contribution in [-0.4, -0.2) is 11.0 Å². The van der Waals surface area contributed by atoms with E-state index >= 15 is 0 Å². The summed E-state index contributed by atoms with van der Waals surface area (Å²) >= 11 is 1.67. The summed E-state index contributed by atoms with van der Waals surface area (Å²) in [6.07, 6.45) is 6.94. The molecule has 4 heteroatoms. The second-order valence-corrected chi connectivity index (χ2v) is 5.15. The summed E-state index contributed by atoms with van der Waals surface area (Å²) in [7, 11) is 0. The zero-order valence-electron chi connectivity index (χ0n) is 8.93. The van der Waals surface area contributed by atoms with Gasteiger partial charge in [0.15, 0.2) is 0 Å². The van der Waals surface area contributed by atoms with E-state index in [2.05, 4.69) is 10.4 Å². The van der Waals surface area contributed by atoms with Crippen molar-refractivity contribution in [2.24, 2.45) is 5.73 Å². The van der Waals surface area contributed by atoms with Gasteiger partial charge in [-0.05, 0) is 18.9 Å². The first-order valence-corrected chi connectivity index (χ1v) is 6.46. The van der Waals surface area contributed by atoms with Crippen LogP contribution >= 0.6 is 11.3 Å². The Morgan fingerprint density at radius 3 is 3.06 bits per heavy atom. The van der Waals surface area contributed by atoms with Crippen LogP contribution in [0, 0.1) is 0 Å². The first-order valence-electron chi connectivity index (χ1n) is 5.58. The molecule has 1 saturated carbocycles. The summed E-state index contributed by atoms with van der Waals surface area (Å²) < 4.78 is 5.07. The number of nitrogens with zero attached hydrogens (tertiary/aromatic N) is 1. The molecule has 2 aromatic rings. The summed E-state index contributed by atoms with van der Waals surface area (Å²) in [5.41, 5.74) is 8.30. The maximum atomic E-state index is 6.09. The summed E-state index contributed by atoms with van der Waals surface area (Å²) in [5.74, 6) is 0.455. The molecule has 0 spiro atoms. The Labute approximate surface area is 98.3 Å². The molecule has 0 aromatic carbocycles. The fraction of sp³-hybridized carbons (Fsp3) is 0.417. The first kappa shape index (κ1) is 10.1. The standard InChI is InChI=1S/C12H14N2OS/c13-10-3-1-2-9(10)11-7-16-12(14-11)8-4-5-15-6-8/h4-7,9-10H,1-3,13H2. The Morgan fingerprint density at radius 2 is 2.38 bits per heavy atom. The van der Waals surface area contributed by atoms with Crippen LogP contribution in [0.4, 0.5) is 0 Å². The van der Waals surface area contributed by atoms with Gasteiger partial charge in [-0.15, -0.1) is 11.3 Å². The molecule has 2 aromatic heterocycles. The van der Waals surface area contributed by atoms with Crippen LogP contribution in [0.3, 0.4) is 0 Å². The second kappa shape index (κ2) is 4.03. The van der Waals surface area contributed by atoms with Crippen molar-refractivity contribution >= 4 is 11.3 Å². The maximum Gasteiger partial charge on any atom is 0.126 e. The smallest absolute Gasteiger partial charge is 0.126 e. The van der Waals surface area contributed by atoms with Crippen LogP contribution in [0.1, 0.15) is 30.9 Å². The van der Waals surface area contributed by atoms with Crippen LogP contribution < -0.4 is 5.73 Å². The van der Waals surface area contributed by atoms with Crippen LogP contribution in [0.2, 0.25) is 0 Å². The van der Waals surface area contributed by atoms with Crippen molar-refractivity contribution in [3.8, 4) is 10.6 Å². The van der Waals surface area contributed by atoms with Crippen LogP contribution in [0.5, 0.6) is 0 Å². The van der Waals surface area contributed by atoms with Crippen molar-refractivity contribution in [3.63, 3.8) is 0 Å². The second-order valence-electron chi connectivity index (χ2n) is 4.29. The van der Waals surface area contributed by atoms with Gasteiger partial charge >= 0.3 is 0 Å². The van der Waals surface area contributed by atoms with Gasteiger partial charge in [-0.2, -0.15) is 0 Å². The predicted molar refractivity (Wildman–Crippen MR) is 64.4 cm³/mol. The van der Waals surface area contributed by atoms with E-state index in [1.54, 1.807) is 23.9 Å². The van der Waals surface area contributed by atoms with Gasteiger partial charge in [-0.3, -0.25) is 0 Å². The molecular weight excluding hydrogens is 220 g/mol. The highest BCUT2D eigenvalue weighted by molar-refractivity contribution is 7.13. The van der Waals surface area contributed by atoms with E-state index < -0.39 is 0 Å². The average molecular weight is 234 g/mol. The quantitative estimate of drug-likeness (QED) is 0.869. The van der Waals surface area contributed by atoms with Crippen LogP contribution in [-0.2, 0) is 0 Å². The summed E-state index contributed by atoms with van der Waals surface area (Å²) in [4.78, 5) is 4.66. The third-order valence-corrected chi connectivity index (χ3v) is 4.15. The number of aromatic nitrogens is 1. The molecule has 0 aliphatic heterocycles. The minimum Gasteiger partial charge on any atom is -0.472 e. The van der Waals surface area contributed by atoms with Gasteiger partial charge in [0, 0.05) is 22.9 Å². The zero-order chi connectivity index (χ0) is 11.0. The third kappa shape index (κ3) is 1.68. The van der Waals surface area contributed by atoms with E-state index in [0.717, 1.165) is 22.7 Å². The fourth-order valence-electron chi connectivity index (χ4n) is 2.33. The summed E-state index contributed by atoms with van der Waals surface area (Å²) in [6, 6.07) is 2.23. The minimum absolute atomic E-state index is 0.291. The van der Waals surface area contributed by atoms with Crippen molar-refractivity contribution in [2.45, 2.75) is 31.2 Å². The molecule has 0 amide bonds. The normalized spacial score (nSPS) is 25.1. The summed E-state index contributed by atoms with van der Waals surface area (Å²) in [6.45, 7) is 0. The van der Waals surface area contributed by atoms with Gasteiger partial charge < -0.3 is 10.2 Å². The van der Waals surface area contributed by atoms with Crippen molar-refractivity contribution in [1.29, 1.82) is 0 Å². The Morgan fingerprint density at radius 1 is 1.44 bits per heavy atom. The molecule has 1 fully saturated rings. The van der Waals surface area contributed by atoms with Crippen molar-refractivity contribution in [3.05, 3.63) is 29.7 Å². The van der Waals surface area contributed by atoms with Crippen molar-refractivity contribution < 1.29 is 4.42 Å². The molecule has 84 valence electrons. The SMILES string of the molecule is NC1CCCC1c1csc(-c2ccoc2)n1. The molecule has 2 unspecified atom stereocenters. The molecule has 3 nitrogen and oxygen atoms in total. The topological polar surface area (TPSA) is 52.0 Å². The monoisotopic (exact) mass is 234 g/mol. The molecule has 1 aliphatic rings. The lowest BCUT2D eigenvalue weighted by Crippen LogP contribution is -2.22. The molecule has 3 rings (SSSR count). The van der Waals surface area contributed by atoms with E-state index in [0.29, 0.717) is 12.0 Å². The van der Waals surface area contributed by atoms with E-state index in [9.17, 15) is 0 Å². The van der Waals surface area contributed by atoms with E-state index in [-0.39, 0.29) is 0 Å². The zero-order valence-corrected chi connectivity index (χ0v) is 9.74. The number of rotatable bonds is 2. The molecule has 2 N–H and O–H groups in total. The average Bonchev–Trinajstić information content (AvgIpc) is 2.96. The number of nitrogens with two attached hydrogens (primary N) is 1. The molecule has 1 aliphatic carbocycles. The van der Waals surface area contributed by atoms with Gasteiger partial charge in [-0.1, -0.05) is 6.42 Å². The first-order chi connectivity index (χ1) is 7.84. The van der Waals surface area contributed by atoms with E-state index in [4.69, 9.17) is 10.2 Å². The Bertz CT molecular complexity index is 463. The number of furan rings is 1. The Balaban J connectivity index is 1.88. The maximum absolute atomic E-state index is 6.09. The molecule has 2 atom stereocenters. The van der Waals surface area contributed by atoms with Crippen molar-refractivity contribution in [1.82, 2.24) is 4.98 Å². The lowest BCUT2D eigenvalue weighted by molar-refractivity contribution is 0.568. The minimum atomic E-state index is 0.291. The number of hydrogen-bond donors (Lipinski definition) is 1. The largest absolute Gasteiger partial charge is 0.472 e. The lowest BCUT2D eigenvalue weighted by Gasteiger charge is -2.11. The number of thiazole rings is 1. The molecule has 0 bridgehead atoms. The molecular formula is C12H14N2OS. The highest BCUT2D eigenvalue weighted by Crippen LogP contribution is 2.35. The molecule has 0 saturated heterocycles. The van der Waals surface area contributed by atoms with Crippen LogP contribution in [0.15, 0.2) is 28.4 Å². The Kier molecular flexibility index (Phi) is 2.53.